The van der Waals surface area contributed by atoms with Gasteiger partial charge in [-0.3, -0.25) is 4.79 Å². The minimum Gasteiger partial charge on any atom is -0.497 e. The first kappa shape index (κ1) is 19.7. The van der Waals surface area contributed by atoms with Crippen molar-refractivity contribution in [2.45, 2.75) is 39.5 Å². The van der Waals surface area contributed by atoms with Gasteiger partial charge < -0.3 is 19.5 Å². The third kappa shape index (κ3) is 6.04. The van der Waals surface area contributed by atoms with Crippen LogP contribution in [0.3, 0.4) is 0 Å². The van der Waals surface area contributed by atoms with Gasteiger partial charge in [0.25, 0.3) is 0 Å². The van der Waals surface area contributed by atoms with Gasteiger partial charge in [0.05, 0.1) is 20.3 Å². The topological polar surface area (TPSA) is 69.7 Å². The Hall–Kier alpha value is -2.60. The van der Waals surface area contributed by atoms with Crippen molar-refractivity contribution < 1.29 is 19.0 Å². The van der Waals surface area contributed by atoms with Crippen molar-refractivity contribution in [1.82, 2.24) is 10.3 Å². The van der Waals surface area contributed by atoms with Crippen LogP contribution in [0.25, 0.3) is 0 Å². The average molecular weight is 358 g/mol. The Morgan fingerprint density at radius 2 is 2.12 bits per heavy atom. The van der Waals surface area contributed by atoms with Crippen LogP contribution in [-0.2, 0) is 22.7 Å². The first-order chi connectivity index (χ1) is 12.6. The lowest BCUT2D eigenvalue weighted by molar-refractivity contribution is -0.132. The number of pyridine rings is 1. The van der Waals surface area contributed by atoms with Gasteiger partial charge in [-0.15, -0.1) is 0 Å². The zero-order chi connectivity index (χ0) is 18.8. The van der Waals surface area contributed by atoms with E-state index in [1.54, 1.807) is 20.2 Å². The lowest BCUT2D eigenvalue weighted by atomic mass is 10.2. The standard InChI is InChI=1S/C20H26N2O4/c1-4-11-25-20-17(8-6-10-21-20)13-22-19(23)15(2)26-14-16-7-5-9-18(12-16)24-3/h5-10,12,15H,4,11,13-14H2,1-3H3,(H,22,23). The Morgan fingerprint density at radius 1 is 1.27 bits per heavy atom. The molecular weight excluding hydrogens is 332 g/mol. The van der Waals surface area contributed by atoms with Crippen molar-refractivity contribution in [2.75, 3.05) is 13.7 Å². The fraction of sp³-hybridized carbons (Fsp3) is 0.400. The van der Waals surface area contributed by atoms with E-state index in [0.29, 0.717) is 25.6 Å². The zero-order valence-electron chi connectivity index (χ0n) is 15.5. The molecule has 0 bridgehead atoms. The number of ether oxygens (including phenoxy) is 3. The first-order valence-electron chi connectivity index (χ1n) is 8.73. The summed E-state index contributed by atoms with van der Waals surface area (Å²) in [7, 11) is 1.62. The molecule has 1 unspecified atom stereocenters. The molecule has 0 fully saturated rings. The first-order valence-corrected chi connectivity index (χ1v) is 8.73. The van der Waals surface area contributed by atoms with Gasteiger partial charge in [0, 0.05) is 18.3 Å². The minimum absolute atomic E-state index is 0.182. The van der Waals surface area contributed by atoms with Crippen molar-refractivity contribution in [3.8, 4) is 11.6 Å². The molecule has 0 aliphatic heterocycles. The van der Waals surface area contributed by atoms with Gasteiger partial charge in [-0.2, -0.15) is 0 Å². The predicted octanol–water partition coefficient (Wildman–Crippen LogP) is 3.10. The van der Waals surface area contributed by atoms with E-state index in [4.69, 9.17) is 14.2 Å². The normalized spacial score (nSPS) is 11.7. The molecule has 0 aliphatic carbocycles. The van der Waals surface area contributed by atoms with E-state index in [-0.39, 0.29) is 5.91 Å². The average Bonchev–Trinajstić information content (AvgIpc) is 2.69. The van der Waals surface area contributed by atoms with Crippen molar-refractivity contribution >= 4 is 5.91 Å². The fourth-order valence-corrected chi connectivity index (χ4v) is 2.27. The largest absolute Gasteiger partial charge is 0.497 e. The molecule has 2 rings (SSSR count). The second-order valence-electron chi connectivity index (χ2n) is 5.84. The number of rotatable bonds is 10. The molecule has 6 nitrogen and oxygen atoms in total. The number of hydrogen-bond donors (Lipinski definition) is 1. The Labute approximate surface area is 154 Å². The van der Waals surface area contributed by atoms with Gasteiger partial charge in [-0.1, -0.05) is 25.1 Å². The number of nitrogens with one attached hydrogen (secondary N) is 1. The number of benzene rings is 1. The highest BCUT2D eigenvalue weighted by Crippen LogP contribution is 2.15. The van der Waals surface area contributed by atoms with Crippen molar-refractivity contribution in [1.29, 1.82) is 0 Å². The molecule has 1 aromatic heterocycles. The summed E-state index contributed by atoms with van der Waals surface area (Å²) in [6.07, 6.45) is 2.01. The van der Waals surface area contributed by atoms with Gasteiger partial charge in [0.2, 0.25) is 11.8 Å². The van der Waals surface area contributed by atoms with Crippen LogP contribution in [0.1, 0.15) is 31.4 Å². The molecule has 0 saturated heterocycles. The predicted molar refractivity (Wildman–Crippen MR) is 99.1 cm³/mol. The quantitative estimate of drug-likeness (QED) is 0.707. The van der Waals surface area contributed by atoms with E-state index in [1.807, 2.05) is 43.3 Å². The van der Waals surface area contributed by atoms with Crippen molar-refractivity contribution in [2.24, 2.45) is 0 Å². The maximum Gasteiger partial charge on any atom is 0.249 e. The molecule has 0 spiro atoms. The number of carbonyl (C=O) groups excluding carboxylic acids is 1. The SMILES string of the molecule is CCCOc1ncccc1CNC(=O)C(C)OCc1cccc(OC)c1. The molecule has 26 heavy (non-hydrogen) atoms. The van der Waals surface area contributed by atoms with E-state index in [1.165, 1.54) is 0 Å². The molecule has 6 heteroatoms. The highest BCUT2D eigenvalue weighted by Gasteiger charge is 2.14. The van der Waals surface area contributed by atoms with Crippen LogP contribution in [0.4, 0.5) is 0 Å². The molecule has 1 amide bonds. The monoisotopic (exact) mass is 358 g/mol. The van der Waals surface area contributed by atoms with E-state index in [9.17, 15) is 4.79 Å². The van der Waals surface area contributed by atoms with Crippen LogP contribution in [0.5, 0.6) is 11.6 Å². The summed E-state index contributed by atoms with van der Waals surface area (Å²) < 4.78 is 16.4. The number of hydrogen-bond acceptors (Lipinski definition) is 5. The van der Waals surface area contributed by atoms with Gasteiger partial charge >= 0.3 is 0 Å². The van der Waals surface area contributed by atoms with E-state index < -0.39 is 6.10 Å². The molecule has 1 N–H and O–H groups in total. The lowest BCUT2D eigenvalue weighted by Gasteiger charge is -2.15. The van der Waals surface area contributed by atoms with Crippen LogP contribution < -0.4 is 14.8 Å². The second-order valence-corrected chi connectivity index (χ2v) is 5.84. The van der Waals surface area contributed by atoms with Crippen LogP contribution >= 0.6 is 0 Å². The van der Waals surface area contributed by atoms with Gasteiger partial charge in [0.1, 0.15) is 11.9 Å². The summed E-state index contributed by atoms with van der Waals surface area (Å²) in [6.45, 7) is 5.04. The van der Waals surface area contributed by atoms with Crippen LogP contribution in [-0.4, -0.2) is 30.7 Å². The zero-order valence-corrected chi connectivity index (χ0v) is 15.5. The minimum atomic E-state index is -0.571. The molecule has 1 atom stereocenters. The number of methoxy groups -OCH3 is 1. The third-order valence-electron chi connectivity index (χ3n) is 3.75. The maximum atomic E-state index is 12.3. The molecule has 1 heterocycles. The summed E-state index contributed by atoms with van der Waals surface area (Å²) >= 11 is 0. The highest BCUT2D eigenvalue weighted by atomic mass is 16.5. The molecule has 140 valence electrons. The molecule has 0 radical (unpaired) electrons. The van der Waals surface area contributed by atoms with Gasteiger partial charge in [0.15, 0.2) is 0 Å². The maximum absolute atomic E-state index is 12.3. The summed E-state index contributed by atoms with van der Waals surface area (Å²) in [5, 5.41) is 2.87. The highest BCUT2D eigenvalue weighted by molar-refractivity contribution is 5.80. The number of aromatic nitrogens is 1. The summed E-state index contributed by atoms with van der Waals surface area (Å²) in [5.41, 5.74) is 1.79. The van der Waals surface area contributed by atoms with Crippen molar-refractivity contribution in [3.63, 3.8) is 0 Å². The fourth-order valence-electron chi connectivity index (χ4n) is 2.27. The molecule has 1 aromatic carbocycles. The Bertz CT molecular complexity index is 706. The van der Waals surface area contributed by atoms with Crippen LogP contribution in [0.2, 0.25) is 0 Å². The van der Waals surface area contributed by atoms with Crippen molar-refractivity contribution in [3.05, 3.63) is 53.7 Å². The summed E-state index contributed by atoms with van der Waals surface area (Å²) in [5.74, 6) is 1.14. The second kappa shape index (κ2) is 10.4. The number of nitrogens with zero attached hydrogens (tertiary/aromatic N) is 1. The number of amides is 1. The molecular formula is C20H26N2O4. The number of carbonyl (C=O) groups is 1. The summed E-state index contributed by atoms with van der Waals surface area (Å²) in [4.78, 5) is 16.5. The van der Waals surface area contributed by atoms with Gasteiger partial charge in [-0.05, 0) is 37.1 Å². The molecule has 2 aromatic rings. The van der Waals surface area contributed by atoms with E-state index >= 15 is 0 Å². The smallest absolute Gasteiger partial charge is 0.249 e. The van der Waals surface area contributed by atoms with E-state index in [2.05, 4.69) is 10.3 Å². The lowest BCUT2D eigenvalue weighted by Crippen LogP contribution is -2.34. The summed E-state index contributed by atoms with van der Waals surface area (Å²) in [6, 6.07) is 11.3. The third-order valence-corrected chi connectivity index (χ3v) is 3.75. The molecule has 0 saturated carbocycles. The van der Waals surface area contributed by atoms with Crippen LogP contribution in [0, 0.1) is 0 Å². The van der Waals surface area contributed by atoms with Gasteiger partial charge in [-0.25, -0.2) is 4.98 Å². The Balaban J connectivity index is 1.83. The van der Waals surface area contributed by atoms with E-state index in [0.717, 1.165) is 23.3 Å². The Kier molecular flexibility index (Phi) is 7.89. The molecule has 0 aliphatic rings. The van der Waals surface area contributed by atoms with Crippen LogP contribution in [0.15, 0.2) is 42.6 Å². The Morgan fingerprint density at radius 3 is 2.88 bits per heavy atom.